The lowest BCUT2D eigenvalue weighted by Gasteiger charge is -2.37. The van der Waals surface area contributed by atoms with Gasteiger partial charge in [0.25, 0.3) is 5.91 Å². The molecular weight excluding hydrogens is 313 g/mol. The Morgan fingerprint density at radius 2 is 2.17 bits per heavy atom. The SMILES string of the molecule is CNC(=O)c1ccc(NCC2(O)CCCC(C(F)(F)F)C2)nn1. The molecule has 1 aromatic rings. The molecule has 9 heteroatoms. The van der Waals surface area contributed by atoms with Crippen LogP contribution in [-0.2, 0) is 0 Å². The lowest BCUT2D eigenvalue weighted by Crippen LogP contribution is -2.45. The Morgan fingerprint density at radius 3 is 2.74 bits per heavy atom. The van der Waals surface area contributed by atoms with E-state index in [1.54, 1.807) is 0 Å². The fraction of sp³-hybridized carbons (Fsp3) is 0.643. The van der Waals surface area contributed by atoms with Crippen LogP contribution in [0.5, 0.6) is 0 Å². The molecule has 1 aromatic heterocycles. The van der Waals surface area contributed by atoms with Crippen LogP contribution in [0.2, 0.25) is 0 Å². The molecule has 1 aliphatic carbocycles. The number of hydrogen-bond acceptors (Lipinski definition) is 5. The zero-order chi connectivity index (χ0) is 17.1. The molecule has 1 heterocycles. The van der Waals surface area contributed by atoms with Crippen LogP contribution in [0, 0.1) is 5.92 Å². The molecule has 23 heavy (non-hydrogen) atoms. The van der Waals surface area contributed by atoms with Crippen molar-refractivity contribution < 1.29 is 23.1 Å². The fourth-order valence-corrected chi connectivity index (χ4v) is 2.71. The molecule has 2 atom stereocenters. The molecule has 0 saturated heterocycles. The Hall–Kier alpha value is -1.90. The maximum atomic E-state index is 12.8. The zero-order valence-corrected chi connectivity index (χ0v) is 12.7. The third kappa shape index (κ3) is 4.54. The van der Waals surface area contributed by atoms with E-state index in [4.69, 9.17) is 0 Å². The number of aliphatic hydroxyl groups is 1. The number of halogens is 3. The van der Waals surface area contributed by atoms with Crippen LogP contribution in [-0.4, -0.2) is 46.6 Å². The van der Waals surface area contributed by atoms with Gasteiger partial charge >= 0.3 is 6.18 Å². The Kier molecular flexibility index (Phi) is 5.08. The Labute approximate surface area is 131 Å². The molecule has 2 unspecified atom stereocenters. The van der Waals surface area contributed by atoms with Gasteiger partial charge in [-0.05, 0) is 37.8 Å². The van der Waals surface area contributed by atoms with Crippen molar-refractivity contribution in [3.05, 3.63) is 17.8 Å². The van der Waals surface area contributed by atoms with Crippen molar-refractivity contribution in [1.29, 1.82) is 0 Å². The summed E-state index contributed by atoms with van der Waals surface area (Å²) in [5.41, 5.74) is -1.30. The fourth-order valence-electron chi connectivity index (χ4n) is 2.71. The summed E-state index contributed by atoms with van der Waals surface area (Å²) in [5, 5.41) is 23.0. The predicted octanol–water partition coefficient (Wildman–Crippen LogP) is 1.73. The summed E-state index contributed by atoms with van der Waals surface area (Å²) >= 11 is 0. The first-order valence-electron chi connectivity index (χ1n) is 7.32. The molecular formula is C14H19F3N4O2. The molecule has 2 rings (SSSR count). The third-order valence-electron chi connectivity index (χ3n) is 4.01. The summed E-state index contributed by atoms with van der Waals surface area (Å²) < 4.78 is 38.4. The van der Waals surface area contributed by atoms with Crippen LogP contribution in [0.3, 0.4) is 0 Å². The highest BCUT2D eigenvalue weighted by molar-refractivity contribution is 5.91. The summed E-state index contributed by atoms with van der Waals surface area (Å²) in [6, 6.07) is 2.93. The lowest BCUT2D eigenvalue weighted by atomic mass is 9.77. The lowest BCUT2D eigenvalue weighted by molar-refractivity contribution is -0.199. The van der Waals surface area contributed by atoms with Crippen LogP contribution >= 0.6 is 0 Å². The first kappa shape index (κ1) is 17.5. The third-order valence-corrected chi connectivity index (χ3v) is 4.01. The standard InChI is InChI=1S/C14H19F3N4O2/c1-18-12(22)10-4-5-11(21-20-10)19-8-13(23)6-2-3-9(7-13)14(15,16)17/h4-5,9,23H,2-3,6-8H2,1H3,(H,18,22)(H,19,21). The molecule has 0 bridgehead atoms. The summed E-state index contributed by atoms with van der Waals surface area (Å²) in [4.78, 5) is 11.3. The van der Waals surface area contributed by atoms with Crippen LogP contribution in [0.4, 0.5) is 19.0 Å². The number of amides is 1. The van der Waals surface area contributed by atoms with E-state index in [2.05, 4.69) is 20.8 Å². The number of anilines is 1. The first-order chi connectivity index (χ1) is 10.7. The van der Waals surface area contributed by atoms with E-state index in [-0.39, 0.29) is 31.0 Å². The van der Waals surface area contributed by atoms with Gasteiger partial charge < -0.3 is 15.7 Å². The summed E-state index contributed by atoms with van der Waals surface area (Å²) in [6.45, 7) is -0.0480. The molecule has 128 valence electrons. The van der Waals surface area contributed by atoms with Crippen molar-refractivity contribution in [1.82, 2.24) is 15.5 Å². The highest BCUT2D eigenvalue weighted by atomic mass is 19.4. The second-order valence-corrected chi connectivity index (χ2v) is 5.80. The quantitative estimate of drug-likeness (QED) is 0.782. The topological polar surface area (TPSA) is 87.1 Å². The van der Waals surface area contributed by atoms with E-state index >= 15 is 0 Å². The Balaban J connectivity index is 1.95. The largest absolute Gasteiger partial charge is 0.391 e. The highest BCUT2D eigenvalue weighted by Gasteiger charge is 2.46. The first-order valence-corrected chi connectivity index (χ1v) is 7.32. The average Bonchev–Trinajstić information content (AvgIpc) is 2.52. The van der Waals surface area contributed by atoms with E-state index in [1.165, 1.54) is 19.2 Å². The maximum Gasteiger partial charge on any atom is 0.391 e. The average molecular weight is 332 g/mol. The molecule has 1 fully saturated rings. The van der Waals surface area contributed by atoms with Crippen LogP contribution in [0.1, 0.15) is 36.2 Å². The normalized spacial score (nSPS) is 25.0. The smallest absolute Gasteiger partial charge is 0.388 e. The molecule has 0 aromatic carbocycles. The van der Waals surface area contributed by atoms with Gasteiger partial charge in [-0.1, -0.05) is 0 Å². The van der Waals surface area contributed by atoms with Gasteiger partial charge in [-0.3, -0.25) is 4.79 Å². The van der Waals surface area contributed by atoms with Crippen molar-refractivity contribution in [3.8, 4) is 0 Å². The van der Waals surface area contributed by atoms with E-state index in [0.29, 0.717) is 18.7 Å². The Morgan fingerprint density at radius 1 is 1.43 bits per heavy atom. The molecule has 0 spiro atoms. The summed E-state index contributed by atoms with van der Waals surface area (Å²) in [6.07, 6.45) is -3.94. The number of nitrogens with one attached hydrogen (secondary N) is 2. The second kappa shape index (κ2) is 6.69. The van der Waals surface area contributed by atoms with Gasteiger partial charge in [0.1, 0.15) is 5.82 Å². The predicted molar refractivity (Wildman–Crippen MR) is 76.9 cm³/mol. The highest BCUT2D eigenvalue weighted by Crippen LogP contribution is 2.41. The maximum absolute atomic E-state index is 12.8. The molecule has 6 nitrogen and oxygen atoms in total. The number of nitrogens with zero attached hydrogens (tertiary/aromatic N) is 2. The van der Waals surface area contributed by atoms with Gasteiger partial charge in [-0.15, -0.1) is 10.2 Å². The number of carbonyl (C=O) groups excluding carboxylic acids is 1. The van der Waals surface area contributed by atoms with E-state index in [9.17, 15) is 23.1 Å². The van der Waals surface area contributed by atoms with Gasteiger partial charge in [-0.25, -0.2) is 0 Å². The minimum Gasteiger partial charge on any atom is -0.388 e. The summed E-state index contributed by atoms with van der Waals surface area (Å²) in [5.74, 6) is -1.58. The minimum absolute atomic E-state index is 0.0480. The van der Waals surface area contributed by atoms with Gasteiger partial charge in [0, 0.05) is 13.6 Å². The number of carbonyl (C=O) groups is 1. The molecule has 1 saturated carbocycles. The van der Waals surface area contributed by atoms with Gasteiger partial charge in [0.2, 0.25) is 0 Å². The summed E-state index contributed by atoms with van der Waals surface area (Å²) in [7, 11) is 1.46. The number of alkyl halides is 3. The Bertz CT molecular complexity index is 550. The molecule has 1 aliphatic rings. The molecule has 1 amide bonds. The van der Waals surface area contributed by atoms with E-state index < -0.39 is 17.7 Å². The number of hydrogen-bond donors (Lipinski definition) is 3. The molecule has 0 aliphatic heterocycles. The van der Waals surface area contributed by atoms with Crippen molar-refractivity contribution in [2.45, 2.75) is 37.5 Å². The monoisotopic (exact) mass is 332 g/mol. The van der Waals surface area contributed by atoms with Gasteiger partial charge in [0.15, 0.2) is 5.69 Å². The van der Waals surface area contributed by atoms with Gasteiger partial charge in [0.05, 0.1) is 11.5 Å². The molecule has 3 N–H and O–H groups in total. The van der Waals surface area contributed by atoms with Crippen molar-refractivity contribution in [2.24, 2.45) is 5.92 Å². The van der Waals surface area contributed by atoms with Crippen molar-refractivity contribution in [2.75, 3.05) is 18.9 Å². The van der Waals surface area contributed by atoms with Gasteiger partial charge in [-0.2, -0.15) is 13.2 Å². The van der Waals surface area contributed by atoms with Crippen LogP contribution in [0.25, 0.3) is 0 Å². The van der Waals surface area contributed by atoms with E-state index in [1.807, 2.05) is 0 Å². The van der Waals surface area contributed by atoms with Crippen molar-refractivity contribution in [3.63, 3.8) is 0 Å². The van der Waals surface area contributed by atoms with E-state index in [0.717, 1.165) is 0 Å². The molecule has 0 radical (unpaired) electrons. The minimum atomic E-state index is -4.29. The number of rotatable bonds is 4. The van der Waals surface area contributed by atoms with Crippen LogP contribution < -0.4 is 10.6 Å². The second-order valence-electron chi connectivity index (χ2n) is 5.80. The van der Waals surface area contributed by atoms with Crippen LogP contribution in [0.15, 0.2) is 12.1 Å². The number of aromatic nitrogens is 2. The van der Waals surface area contributed by atoms with Crippen molar-refractivity contribution >= 4 is 11.7 Å². The zero-order valence-electron chi connectivity index (χ0n) is 12.7.